The summed E-state index contributed by atoms with van der Waals surface area (Å²) in [5, 5.41) is 5.86. The van der Waals surface area contributed by atoms with E-state index in [2.05, 4.69) is 22.2 Å². The molecule has 112 valence electrons. The number of nitrogens with zero attached hydrogens (tertiary/aromatic N) is 2. The van der Waals surface area contributed by atoms with Gasteiger partial charge in [0.15, 0.2) is 0 Å². The second kappa shape index (κ2) is 5.56. The third-order valence-corrected chi connectivity index (χ3v) is 4.01. The Morgan fingerprint density at radius 2 is 2.14 bits per heavy atom. The minimum atomic E-state index is -0.390. The van der Waals surface area contributed by atoms with Gasteiger partial charge in [-0.25, -0.2) is 9.38 Å². The maximum absolute atomic E-state index is 14.0. The molecular weight excluding hydrogens is 398 g/mol. The third kappa shape index (κ3) is 2.52. The second-order valence-corrected chi connectivity index (χ2v) is 6.03. The van der Waals surface area contributed by atoms with E-state index in [4.69, 9.17) is 0 Å². The van der Waals surface area contributed by atoms with Crippen LogP contribution in [0.5, 0.6) is 0 Å². The standard InChI is InChI=1S/C15H12FIN4O/c1-8-14-12(20-11-4-3-9(17)5-10(11)16)6-13(22)21(2)15(14)19-7-18-8/h3-7,20H,1H2,2H3,(H,18,19). The predicted octanol–water partition coefficient (Wildman–Crippen LogP) is 3.11. The van der Waals surface area contributed by atoms with Crippen LogP contribution in [0.25, 0.3) is 5.70 Å². The lowest BCUT2D eigenvalue weighted by molar-refractivity contribution is 0.631. The third-order valence-electron chi connectivity index (χ3n) is 3.34. The smallest absolute Gasteiger partial charge is 0.254 e. The molecule has 0 saturated heterocycles. The Balaban J connectivity index is 2.15. The number of hydrogen-bond donors (Lipinski definition) is 2. The number of aromatic nitrogens is 1. The molecule has 3 rings (SSSR count). The molecule has 0 bridgehead atoms. The Morgan fingerprint density at radius 1 is 1.36 bits per heavy atom. The zero-order chi connectivity index (χ0) is 15.9. The average Bonchev–Trinajstić information content (AvgIpc) is 2.47. The highest BCUT2D eigenvalue weighted by Crippen LogP contribution is 2.33. The molecule has 0 aliphatic carbocycles. The van der Waals surface area contributed by atoms with Crippen LogP contribution in [0.2, 0.25) is 0 Å². The number of fused-ring (bicyclic) bond motifs is 1. The van der Waals surface area contributed by atoms with Gasteiger partial charge in [-0.2, -0.15) is 0 Å². The van der Waals surface area contributed by atoms with E-state index >= 15 is 0 Å². The monoisotopic (exact) mass is 410 g/mol. The van der Waals surface area contributed by atoms with E-state index in [1.165, 1.54) is 23.0 Å². The molecule has 5 nitrogen and oxygen atoms in total. The van der Waals surface area contributed by atoms with Crippen molar-refractivity contribution in [2.45, 2.75) is 0 Å². The minimum absolute atomic E-state index is 0.237. The van der Waals surface area contributed by atoms with Crippen molar-refractivity contribution in [3.63, 3.8) is 0 Å². The van der Waals surface area contributed by atoms with Crippen LogP contribution in [0.3, 0.4) is 0 Å². The minimum Gasteiger partial charge on any atom is -0.352 e. The quantitative estimate of drug-likeness (QED) is 0.749. The first kappa shape index (κ1) is 14.8. The van der Waals surface area contributed by atoms with Crippen LogP contribution in [-0.2, 0) is 7.05 Å². The van der Waals surface area contributed by atoms with Gasteiger partial charge in [-0.3, -0.25) is 9.36 Å². The van der Waals surface area contributed by atoms with Crippen molar-refractivity contribution in [1.29, 1.82) is 0 Å². The summed E-state index contributed by atoms with van der Waals surface area (Å²) in [5.41, 5.74) is 1.75. The van der Waals surface area contributed by atoms with Crippen LogP contribution in [0.1, 0.15) is 5.56 Å². The molecule has 0 spiro atoms. The first-order valence-electron chi connectivity index (χ1n) is 6.42. The van der Waals surface area contributed by atoms with Crippen molar-refractivity contribution in [2.75, 3.05) is 5.32 Å². The molecule has 2 N–H and O–H groups in total. The Kier molecular flexibility index (Phi) is 3.73. The molecule has 7 heteroatoms. The van der Waals surface area contributed by atoms with Crippen molar-refractivity contribution >= 4 is 51.8 Å². The van der Waals surface area contributed by atoms with Gasteiger partial charge in [-0.1, -0.05) is 6.58 Å². The summed E-state index contributed by atoms with van der Waals surface area (Å²) in [7, 11) is 1.63. The number of aliphatic imine (C=N–C) groups is 1. The molecule has 0 fully saturated rings. The lowest BCUT2D eigenvalue weighted by atomic mass is 10.1. The van der Waals surface area contributed by atoms with Crippen LogP contribution in [0.4, 0.5) is 21.6 Å². The van der Waals surface area contributed by atoms with Gasteiger partial charge in [0, 0.05) is 22.4 Å². The Bertz CT molecular complexity index is 873. The first-order valence-corrected chi connectivity index (χ1v) is 7.49. The van der Waals surface area contributed by atoms with Crippen molar-refractivity contribution in [3.8, 4) is 0 Å². The summed E-state index contributed by atoms with van der Waals surface area (Å²) in [6, 6.07) is 6.24. The summed E-state index contributed by atoms with van der Waals surface area (Å²) >= 11 is 2.04. The normalized spacial score (nSPS) is 12.8. The van der Waals surface area contributed by atoms with Crippen molar-refractivity contribution in [3.05, 3.63) is 56.1 Å². The van der Waals surface area contributed by atoms with Gasteiger partial charge in [0.1, 0.15) is 11.6 Å². The van der Waals surface area contributed by atoms with Gasteiger partial charge in [-0.15, -0.1) is 0 Å². The molecule has 0 saturated carbocycles. The highest BCUT2D eigenvalue weighted by Gasteiger charge is 2.19. The Morgan fingerprint density at radius 3 is 2.86 bits per heavy atom. The van der Waals surface area contributed by atoms with E-state index in [9.17, 15) is 9.18 Å². The lowest BCUT2D eigenvalue weighted by Crippen LogP contribution is -2.23. The lowest BCUT2D eigenvalue weighted by Gasteiger charge is -2.21. The second-order valence-electron chi connectivity index (χ2n) is 4.78. The number of nitrogens with one attached hydrogen (secondary N) is 2. The van der Waals surface area contributed by atoms with Gasteiger partial charge in [0.25, 0.3) is 5.56 Å². The maximum atomic E-state index is 14.0. The summed E-state index contributed by atoms with van der Waals surface area (Å²) in [6.07, 6.45) is 1.47. The van der Waals surface area contributed by atoms with Crippen molar-refractivity contribution < 1.29 is 4.39 Å². The maximum Gasteiger partial charge on any atom is 0.254 e. The summed E-state index contributed by atoms with van der Waals surface area (Å²) < 4.78 is 16.2. The Hall–Kier alpha value is -2.16. The van der Waals surface area contributed by atoms with E-state index in [1.54, 1.807) is 19.2 Å². The molecule has 1 aromatic carbocycles. The molecule has 0 unspecified atom stereocenters. The van der Waals surface area contributed by atoms with Crippen molar-refractivity contribution in [2.24, 2.45) is 12.0 Å². The molecule has 2 aromatic rings. The first-order chi connectivity index (χ1) is 10.5. The van der Waals surface area contributed by atoms with Crippen LogP contribution in [0, 0.1) is 9.39 Å². The summed E-state index contributed by atoms with van der Waals surface area (Å²) in [5.74, 6) is 0.0869. The fourth-order valence-corrected chi connectivity index (χ4v) is 2.66. The summed E-state index contributed by atoms with van der Waals surface area (Å²) in [6.45, 7) is 3.91. The molecule has 2 heterocycles. The largest absolute Gasteiger partial charge is 0.352 e. The predicted molar refractivity (Wildman–Crippen MR) is 94.4 cm³/mol. The van der Waals surface area contributed by atoms with E-state index in [0.717, 1.165) is 3.57 Å². The van der Waals surface area contributed by atoms with Crippen LogP contribution in [0.15, 0.2) is 40.6 Å². The fraction of sp³-hybridized carbons (Fsp3) is 0.0667. The highest BCUT2D eigenvalue weighted by molar-refractivity contribution is 14.1. The average molecular weight is 410 g/mol. The van der Waals surface area contributed by atoms with Gasteiger partial charge in [-0.05, 0) is 40.8 Å². The number of pyridine rings is 1. The van der Waals surface area contributed by atoms with Crippen molar-refractivity contribution in [1.82, 2.24) is 9.88 Å². The molecule has 0 atom stereocenters. The SMILES string of the molecule is C=C1NC=Nc2c1c(Nc1ccc(I)cc1F)cc(=O)n2C. The Labute approximate surface area is 139 Å². The van der Waals surface area contributed by atoms with E-state index in [-0.39, 0.29) is 11.4 Å². The number of rotatable bonds is 2. The van der Waals surface area contributed by atoms with Gasteiger partial charge in [0.05, 0.1) is 23.3 Å². The van der Waals surface area contributed by atoms with Crippen LogP contribution < -0.4 is 16.2 Å². The summed E-state index contributed by atoms with van der Waals surface area (Å²) in [4.78, 5) is 16.2. The topological polar surface area (TPSA) is 58.4 Å². The highest BCUT2D eigenvalue weighted by atomic mass is 127. The number of hydrogen-bond acceptors (Lipinski definition) is 4. The zero-order valence-corrected chi connectivity index (χ0v) is 13.8. The number of anilines is 2. The number of halogens is 2. The van der Waals surface area contributed by atoms with Crippen LogP contribution >= 0.6 is 22.6 Å². The molecule has 1 aliphatic heterocycles. The molecule has 0 amide bonds. The molecule has 1 aliphatic rings. The fourth-order valence-electron chi connectivity index (χ4n) is 2.21. The van der Waals surface area contributed by atoms with E-state index in [1.807, 2.05) is 22.6 Å². The van der Waals surface area contributed by atoms with E-state index in [0.29, 0.717) is 28.5 Å². The van der Waals surface area contributed by atoms with Gasteiger partial charge in [0.2, 0.25) is 0 Å². The van der Waals surface area contributed by atoms with Gasteiger partial charge >= 0.3 is 0 Å². The van der Waals surface area contributed by atoms with Crippen LogP contribution in [-0.4, -0.2) is 10.9 Å². The molecule has 0 radical (unpaired) electrons. The van der Waals surface area contributed by atoms with Gasteiger partial charge < -0.3 is 10.6 Å². The molecule has 22 heavy (non-hydrogen) atoms. The van der Waals surface area contributed by atoms with E-state index < -0.39 is 0 Å². The zero-order valence-electron chi connectivity index (χ0n) is 11.7. The molecular formula is C15H12FIN4O. The number of benzene rings is 1. The molecule has 1 aromatic heterocycles.